The van der Waals surface area contributed by atoms with Crippen LogP contribution in [0.1, 0.15) is 20.7 Å². The zero-order chi connectivity index (χ0) is 9.14. The fraction of sp³-hybridized carbons (Fsp3) is 0. The number of carboxylic acid groups (broad SMARTS) is 1. The van der Waals surface area contributed by atoms with Crippen molar-refractivity contribution in [2.45, 2.75) is 0 Å². The zero-order valence-electron chi connectivity index (χ0n) is 5.95. The van der Waals surface area contributed by atoms with Crippen LogP contribution in [0.15, 0.2) is 18.2 Å². The Bertz CT molecular complexity index is 333. The van der Waals surface area contributed by atoms with Crippen molar-refractivity contribution in [3.8, 4) is 0 Å². The number of rotatable bonds is 2. The van der Waals surface area contributed by atoms with E-state index in [1.807, 2.05) is 22.6 Å². The summed E-state index contributed by atoms with van der Waals surface area (Å²) in [5.41, 5.74) is 0.264. The largest absolute Gasteiger partial charge is 0.478 e. The minimum Gasteiger partial charge on any atom is -0.478 e. The molecule has 0 aliphatic heterocycles. The molecule has 1 aromatic rings. The second kappa shape index (κ2) is 3.66. The van der Waals surface area contributed by atoms with E-state index in [0.29, 0.717) is 6.29 Å². The van der Waals surface area contributed by atoms with Gasteiger partial charge in [0.25, 0.3) is 0 Å². The molecule has 0 saturated carbocycles. The van der Waals surface area contributed by atoms with E-state index in [4.69, 9.17) is 5.11 Å². The molecular formula is C8H5IO3. The maximum atomic E-state index is 10.6. The molecule has 0 unspecified atom stereocenters. The highest BCUT2D eigenvalue weighted by Crippen LogP contribution is 2.12. The summed E-state index contributed by atoms with van der Waals surface area (Å²) in [5.74, 6) is -1.07. The van der Waals surface area contributed by atoms with Crippen LogP contribution in [0.4, 0.5) is 0 Å². The number of hydrogen-bond acceptors (Lipinski definition) is 2. The summed E-state index contributed by atoms with van der Waals surface area (Å²) < 4.78 is 0.801. The van der Waals surface area contributed by atoms with Crippen molar-refractivity contribution in [3.05, 3.63) is 32.9 Å². The zero-order valence-corrected chi connectivity index (χ0v) is 8.11. The van der Waals surface area contributed by atoms with E-state index in [1.54, 1.807) is 6.07 Å². The van der Waals surface area contributed by atoms with Crippen molar-refractivity contribution in [2.75, 3.05) is 0 Å². The predicted molar refractivity (Wildman–Crippen MR) is 51.5 cm³/mol. The summed E-state index contributed by atoms with van der Waals surface area (Å²) in [4.78, 5) is 20.9. The minimum absolute atomic E-state index is 0.0527. The van der Waals surface area contributed by atoms with Gasteiger partial charge in [0.15, 0.2) is 6.29 Å². The third-order valence-corrected chi connectivity index (χ3v) is 2.04. The molecule has 62 valence electrons. The summed E-state index contributed by atoms with van der Waals surface area (Å²) in [7, 11) is 0. The van der Waals surface area contributed by atoms with Crippen LogP contribution in [0.25, 0.3) is 0 Å². The number of hydrogen-bond donors (Lipinski definition) is 1. The first-order valence-electron chi connectivity index (χ1n) is 3.13. The molecule has 0 aliphatic carbocycles. The van der Waals surface area contributed by atoms with Crippen LogP contribution in [0.5, 0.6) is 0 Å². The summed E-state index contributed by atoms with van der Waals surface area (Å²) in [5, 5.41) is 8.66. The Morgan fingerprint density at radius 3 is 2.67 bits per heavy atom. The summed E-state index contributed by atoms with van der Waals surface area (Å²) in [6.45, 7) is 0. The molecule has 4 heteroatoms. The molecule has 0 saturated heterocycles. The molecule has 1 N–H and O–H groups in total. The molecule has 0 radical (unpaired) electrons. The number of halogens is 1. The Hall–Kier alpha value is -0.910. The number of carbonyl (C=O) groups excluding carboxylic acids is 1. The average Bonchev–Trinajstić information content (AvgIpc) is 2.04. The van der Waals surface area contributed by atoms with E-state index < -0.39 is 5.97 Å². The molecule has 3 nitrogen and oxygen atoms in total. The fourth-order valence-electron chi connectivity index (χ4n) is 0.816. The van der Waals surface area contributed by atoms with Crippen molar-refractivity contribution >= 4 is 34.8 Å². The van der Waals surface area contributed by atoms with Gasteiger partial charge in [-0.15, -0.1) is 0 Å². The van der Waals surface area contributed by atoms with Gasteiger partial charge in [-0.1, -0.05) is 0 Å². The van der Waals surface area contributed by atoms with Crippen LogP contribution in [0.2, 0.25) is 0 Å². The van der Waals surface area contributed by atoms with E-state index in [0.717, 1.165) is 3.57 Å². The van der Waals surface area contributed by atoms with Crippen molar-refractivity contribution in [2.24, 2.45) is 0 Å². The molecule has 1 rings (SSSR count). The highest BCUT2D eigenvalue weighted by atomic mass is 127. The van der Waals surface area contributed by atoms with Crippen molar-refractivity contribution in [1.29, 1.82) is 0 Å². The first-order chi connectivity index (χ1) is 5.65. The quantitative estimate of drug-likeness (QED) is 0.662. The SMILES string of the molecule is O=Cc1ccc(I)cc1C(=O)O. The predicted octanol–water partition coefficient (Wildman–Crippen LogP) is 1.80. The molecule has 0 spiro atoms. The van der Waals surface area contributed by atoms with Gasteiger partial charge in [-0.2, -0.15) is 0 Å². The third-order valence-electron chi connectivity index (χ3n) is 1.37. The van der Waals surface area contributed by atoms with Crippen LogP contribution in [-0.2, 0) is 0 Å². The van der Waals surface area contributed by atoms with Crippen molar-refractivity contribution < 1.29 is 14.7 Å². The van der Waals surface area contributed by atoms with Crippen molar-refractivity contribution in [1.82, 2.24) is 0 Å². The molecule has 0 aliphatic rings. The van der Waals surface area contributed by atoms with Crippen LogP contribution < -0.4 is 0 Å². The normalized spacial score (nSPS) is 9.42. The molecule has 0 aromatic heterocycles. The lowest BCUT2D eigenvalue weighted by Gasteiger charge is -1.98. The van der Waals surface area contributed by atoms with E-state index in [9.17, 15) is 9.59 Å². The molecule has 0 heterocycles. The maximum Gasteiger partial charge on any atom is 0.336 e. The first kappa shape index (κ1) is 9.18. The molecule has 12 heavy (non-hydrogen) atoms. The van der Waals surface area contributed by atoms with Crippen molar-refractivity contribution in [3.63, 3.8) is 0 Å². The molecular weight excluding hydrogens is 271 g/mol. The summed E-state index contributed by atoms with van der Waals surface area (Å²) >= 11 is 1.99. The fourth-order valence-corrected chi connectivity index (χ4v) is 1.31. The van der Waals surface area contributed by atoms with E-state index in [1.165, 1.54) is 12.1 Å². The Morgan fingerprint density at radius 2 is 2.17 bits per heavy atom. The molecule has 0 amide bonds. The molecule has 1 aromatic carbocycles. The average molecular weight is 276 g/mol. The van der Waals surface area contributed by atoms with Gasteiger partial charge in [0, 0.05) is 9.13 Å². The number of benzene rings is 1. The Balaban J connectivity index is 3.30. The van der Waals surface area contributed by atoms with E-state index in [2.05, 4.69) is 0 Å². The molecule has 0 bridgehead atoms. The van der Waals surface area contributed by atoms with E-state index >= 15 is 0 Å². The first-order valence-corrected chi connectivity index (χ1v) is 4.21. The number of aldehydes is 1. The van der Waals surface area contributed by atoms with Crippen LogP contribution in [-0.4, -0.2) is 17.4 Å². The van der Waals surface area contributed by atoms with Gasteiger partial charge in [-0.25, -0.2) is 4.79 Å². The standard InChI is InChI=1S/C8H5IO3/c9-6-2-1-5(4-10)7(3-6)8(11)12/h1-4H,(H,11,12). The Labute approximate surface area is 82.5 Å². The summed E-state index contributed by atoms with van der Waals surface area (Å²) in [6, 6.07) is 4.65. The summed E-state index contributed by atoms with van der Waals surface area (Å²) in [6.07, 6.45) is 0.541. The lowest BCUT2D eigenvalue weighted by molar-refractivity contribution is 0.0694. The minimum atomic E-state index is -1.07. The monoisotopic (exact) mass is 276 g/mol. The van der Waals surface area contributed by atoms with Gasteiger partial charge >= 0.3 is 5.97 Å². The highest BCUT2D eigenvalue weighted by Gasteiger charge is 2.08. The van der Waals surface area contributed by atoms with Gasteiger partial charge < -0.3 is 5.11 Å². The lowest BCUT2D eigenvalue weighted by Crippen LogP contribution is -2.01. The van der Waals surface area contributed by atoms with Gasteiger partial charge in [0.2, 0.25) is 0 Å². The third kappa shape index (κ3) is 1.82. The van der Waals surface area contributed by atoms with Crippen LogP contribution in [0, 0.1) is 3.57 Å². The maximum absolute atomic E-state index is 10.6. The molecule has 0 fully saturated rings. The van der Waals surface area contributed by atoms with Crippen LogP contribution >= 0.6 is 22.6 Å². The Morgan fingerprint density at radius 1 is 1.50 bits per heavy atom. The van der Waals surface area contributed by atoms with Gasteiger partial charge in [-0.05, 0) is 40.8 Å². The highest BCUT2D eigenvalue weighted by molar-refractivity contribution is 14.1. The smallest absolute Gasteiger partial charge is 0.336 e. The van der Waals surface area contributed by atoms with Gasteiger partial charge in [-0.3, -0.25) is 4.79 Å². The second-order valence-electron chi connectivity index (χ2n) is 2.15. The molecule has 0 atom stereocenters. The second-order valence-corrected chi connectivity index (χ2v) is 3.40. The van der Waals surface area contributed by atoms with Gasteiger partial charge in [0.1, 0.15) is 0 Å². The topological polar surface area (TPSA) is 54.4 Å². The number of aromatic carboxylic acids is 1. The lowest BCUT2D eigenvalue weighted by atomic mass is 10.1. The van der Waals surface area contributed by atoms with Gasteiger partial charge in [0.05, 0.1) is 5.56 Å². The Kier molecular flexibility index (Phi) is 2.80. The van der Waals surface area contributed by atoms with E-state index in [-0.39, 0.29) is 11.1 Å². The number of carbonyl (C=O) groups is 2. The number of carboxylic acids is 1. The van der Waals surface area contributed by atoms with Crippen LogP contribution in [0.3, 0.4) is 0 Å².